The van der Waals surface area contributed by atoms with Gasteiger partial charge >= 0.3 is 0 Å². The standard InChI is InChI=1S/C16H25NO/c1-12-7-8-16(13(2)11-12)18-10-9-14-5-4-6-15(14)17-3/h7-8,11,14-15,17H,4-6,9-10H2,1-3H3. The predicted octanol–water partition coefficient (Wildman–Crippen LogP) is 3.46. The van der Waals surface area contributed by atoms with Gasteiger partial charge in [-0.05, 0) is 57.7 Å². The van der Waals surface area contributed by atoms with Gasteiger partial charge in [-0.25, -0.2) is 0 Å². The van der Waals surface area contributed by atoms with Crippen molar-refractivity contribution in [3.63, 3.8) is 0 Å². The second kappa shape index (κ2) is 6.24. The van der Waals surface area contributed by atoms with Gasteiger partial charge in [-0.1, -0.05) is 24.1 Å². The Bertz CT molecular complexity index is 389. The molecule has 1 aliphatic rings. The fraction of sp³-hybridized carbons (Fsp3) is 0.625. The van der Waals surface area contributed by atoms with Crippen molar-refractivity contribution in [3.8, 4) is 5.75 Å². The molecule has 18 heavy (non-hydrogen) atoms. The molecule has 0 amide bonds. The Morgan fingerprint density at radius 2 is 2.11 bits per heavy atom. The molecule has 0 aromatic heterocycles. The first-order valence-electron chi connectivity index (χ1n) is 7.08. The van der Waals surface area contributed by atoms with E-state index in [9.17, 15) is 0 Å². The van der Waals surface area contributed by atoms with Crippen LogP contribution in [0.2, 0.25) is 0 Å². The first kappa shape index (κ1) is 13.4. The zero-order chi connectivity index (χ0) is 13.0. The van der Waals surface area contributed by atoms with E-state index in [-0.39, 0.29) is 0 Å². The summed E-state index contributed by atoms with van der Waals surface area (Å²) in [6.45, 7) is 5.08. The number of rotatable bonds is 5. The first-order valence-corrected chi connectivity index (χ1v) is 7.08. The van der Waals surface area contributed by atoms with Gasteiger partial charge in [0.2, 0.25) is 0 Å². The summed E-state index contributed by atoms with van der Waals surface area (Å²) < 4.78 is 5.92. The summed E-state index contributed by atoms with van der Waals surface area (Å²) in [5, 5.41) is 3.43. The van der Waals surface area contributed by atoms with Gasteiger partial charge in [0.25, 0.3) is 0 Å². The second-order valence-electron chi connectivity index (χ2n) is 5.49. The average molecular weight is 247 g/mol. The summed E-state index contributed by atoms with van der Waals surface area (Å²) in [7, 11) is 2.08. The van der Waals surface area contributed by atoms with Crippen molar-refractivity contribution in [2.75, 3.05) is 13.7 Å². The van der Waals surface area contributed by atoms with Crippen LogP contribution in [-0.2, 0) is 0 Å². The molecule has 0 bridgehead atoms. The van der Waals surface area contributed by atoms with Crippen LogP contribution in [0.3, 0.4) is 0 Å². The Hall–Kier alpha value is -1.02. The molecule has 1 fully saturated rings. The second-order valence-corrected chi connectivity index (χ2v) is 5.49. The molecule has 1 aliphatic carbocycles. The Balaban J connectivity index is 1.81. The third-order valence-corrected chi connectivity index (χ3v) is 4.11. The van der Waals surface area contributed by atoms with Crippen molar-refractivity contribution in [3.05, 3.63) is 29.3 Å². The van der Waals surface area contributed by atoms with Crippen molar-refractivity contribution in [1.82, 2.24) is 5.32 Å². The highest BCUT2D eigenvalue weighted by Gasteiger charge is 2.25. The summed E-state index contributed by atoms with van der Waals surface area (Å²) >= 11 is 0. The lowest BCUT2D eigenvalue weighted by atomic mass is 10.0. The van der Waals surface area contributed by atoms with Crippen LogP contribution in [0.4, 0.5) is 0 Å². The molecule has 2 atom stereocenters. The molecule has 2 nitrogen and oxygen atoms in total. The minimum atomic E-state index is 0.702. The Labute approximate surface area is 111 Å². The highest BCUT2D eigenvalue weighted by atomic mass is 16.5. The van der Waals surface area contributed by atoms with Crippen molar-refractivity contribution < 1.29 is 4.74 Å². The van der Waals surface area contributed by atoms with Crippen molar-refractivity contribution in [2.24, 2.45) is 5.92 Å². The van der Waals surface area contributed by atoms with Crippen LogP contribution in [0.1, 0.15) is 36.8 Å². The Morgan fingerprint density at radius 3 is 2.83 bits per heavy atom. The van der Waals surface area contributed by atoms with E-state index >= 15 is 0 Å². The predicted molar refractivity (Wildman–Crippen MR) is 76.2 cm³/mol. The molecule has 0 radical (unpaired) electrons. The van der Waals surface area contributed by atoms with Crippen molar-refractivity contribution in [2.45, 2.75) is 45.6 Å². The summed E-state index contributed by atoms with van der Waals surface area (Å²) in [6.07, 6.45) is 5.20. The Morgan fingerprint density at radius 1 is 1.28 bits per heavy atom. The number of hydrogen-bond donors (Lipinski definition) is 1. The monoisotopic (exact) mass is 247 g/mol. The molecule has 0 spiro atoms. The zero-order valence-corrected chi connectivity index (χ0v) is 11.8. The van der Waals surface area contributed by atoms with Gasteiger partial charge in [0.1, 0.15) is 5.75 Å². The van der Waals surface area contributed by atoms with Gasteiger partial charge in [-0.15, -0.1) is 0 Å². The maximum atomic E-state index is 5.92. The molecule has 2 rings (SSSR count). The fourth-order valence-electron chi connectivity index (χ4n) is 3.04. The highest BCUT2D eigenvalue weighted by Crippen LogP contribution is 2.28. The minimum Gasteiger partial charge on any atom is -0.493 e. The van der Waals surface area contributed by atoms with E-state index in [1.807, 2.05) is 0 Å². The maximum Gasteiger partial charge on any atom is 0.122 e. The third-order valence-electron chi connectivity index (χ3n) is 4.11. The third kappa shape index (κ3) is 3.26. The molecule has 1 N–H and O–H groups in total. The SMILES string of the molecule is CNC1CCCC1CCOc1ccc(C)cc1C. The fourth-order valence-corrected chi connectivity index (χ4v) is 3.04. The van der Waals surface area contributed by atoms with Gasteiger partial charge in [0, 0.05) is 6.04 Å². The number of hydrogen-bond acceptors (Lipinski definition) is 2. The summed E-state index contributed by atoms with van der Waals surface area (Å²) in [5.41, 5.74) is 2.54. The van der Waals surface area contributed by atoms with E-state index in [4.69, 9.17) is 4.74 Å². The summed E-state index contributed by atoms with van der Waals surface area (Å²) in [5.74, 6) is 1.83. The van der Waals surface area contributed by atoms with E-state index in [0.29, 0.717) is 6.04 Å². The summed E-state index contributed by atoms with van der Waals surface area (Å²) in [6, 6.07) is 7.09. The van der Waals surface area contributed by atoms with Gasteiger partial charge < -0.3 is 10.1 Å². The molecule has 1 saturated carbocycles. The van der Waals surface area contributed by atoms with Crippen molar-refractivity contribution in [1.29, 1.82) is 0 Å². The number of nitrogens with one attached hydrogen (secondary N) is 1. The van der Waals surface area contributed by atoms with E-state index in [1.54, 1.807) is 0 Å². The molecule has 1 aromatic rings. The molecule has 100 valence electrons. The molecule has 2 heteroatoms. The van der Waals surface area contributed by atoms with Crippen LogP contribution < -0.4 is 10.1 Å². The molecule has 0 saturated heterocycles. The van der Waals surface area contributed by atoms with E-state index in [0.717, 1.165) is 18.3 Å². The quantitative estimate of drug-likeness (QED) is 0.860. The molecular formula is C16H25NO. The summed E-state index contributed by atoms with van der Waals surface area (Å²) in [4.78, 5) is 0. The number of aryl methyl sites for hydroxylation is 2. The van der Waals surface area contributed by atoms with E-state index < -0.39 is 0 Å². The van der Waals surface area contributed by atoms with Crippen LogP contribution in [0.25, 0.3) is 0 Å². The molecule has 2 unspecified atom stereocenters. The van der Waals surface area contributed by atoms with Crippen molar-refractivity contribution >= 4 is 0 Å². The Kier molecular flexibility index (Phi) is 4.65. The first-order chi connectivity index (χ1) is 8.70. The lowest BCUT2D eigenvalue weighted by molar-refractivity contribution is 0.262. The topological polar surface area (TPSA) is 21.3 Å². The lowest BCUT2D eigenvalue weighted by Crippen LogP contribution is -2.29. The maximum absolute atomic E-state index is 5.92. The average Bonchev–Trinajstić information content (AvgIpc) is 2.79. The van der Waals surface area contributed by atoms with Gasteiger partial charge in [0.15, 0.2) is 0 Å². The minimum absolute atomic E-state index is 0.702. The van der Waals surface area contributed by atoms with E-state index in [2.05, 4.69) is 44.4 Å². The number of ether oxygens (including phenoxy) is 1. The molecule has 0 heterocycles. The van der Waals surface area contributed by atoms with Crippen LogP contribution in [0, 0.1) is 19.8 Å². The van der Waals surface area contributed by atoms with Gasteiger partial charge in [0.05, 0.1) is 6.61 Å². The van der Waals surface area contributed by atoms with Crippen LogP contribution >= 0.6 is 0 Å². The van der Waals surface area contributed by atoms with Crippen LogP contribution in [-0.4, -0.2) is 19.7 Å². The highest BCUT2D eigenvalue weighted by molar-refractivity contribution is 5.35. The molecular weight excluding hydrogens is 222 g/mol. The van der Waals surface area contributed by atoms with Gasteiger partial charge in [-0.3, -0.25) is 0 Å². The van der Waals surface area contributed by atoms with Crippen LogP contribution in [0.5, 0.6) is 5.75 Å². The smallest absolute Gasteiger partial charge is 0.122 e. The largest absolute Gasteiger partial charge is 0.493 e. The zero-order valence-electron chi connectivity index (χ0n) is 11.8. The van der Waals surface area contributed by atoms with Crippen LogP contribution in [0.15, 0.2) is 18.2 Å². The molecule has 1 aromatic carbocycles. The van der Waals surface area contributed by atoms with Gasteiger partial charge in [-0.2, -0.15) is 0 Å². The van der Waals surface area contributed by atoms with E-state index in [1.165, 1.54) is 36.8 Å². The molecule has 0 aliphatic heterocycles. The number of benzene rings is 1. The normalized spacial score (nSPS) is 23.3. The lowest BCUT2D eigenvalue weighted by Gasteiger charge is -2.19.